The molecule has 0 saturated heterocycles. The van der Waals surface area contributed by atoms with E-state index < -0.39 is 157 Å². The quantitative estimate of drug-likeness (QED) is 0.0175. The molecular formula is C75H52B2Br4F20O17. The minimum Gasteiger partial charge on any atom is -0.508 e. The molecule has 0 aliphatic carbocycles. The summed E-state index contributed by atoms with van der Waals surface area (Å²) in [5.74, 6) is -10.9. The van der Waals surface area contributed by atoms with Gasteiger partial charge in [0.05, 0.1) is 41.2 Å². The SMILES string of the molecule is C.FC(F)(F)c1ccc(Br)cc1.O=C(CC(=O)Oc1ccc(-c2ccc(C(F)(F)F)cc2)c(F)c1)Oc1ccc(-c2ccc(C(F)(F)F)cc2)c(F)c1.O=C(CC(=O)Oc1ccc(Br)c(F)c1)Oc1ccc(Br)c(F)c1.O=C(O)CC(=O)O.OB(O)c1ccc(C(F)(F)F)cc1.OB(O)c1ccc(C(F)(F)F)cc1.Oc1ccc(Br)c(F)c1. The normalized spacial score (nSPS) is 10.9. The number of rotatable bonds is 14. The van der Waals surface area contributed by atoms with Crippen LogP contribution in [0.3, 0.4) is 0 Å². The highest BCUT2D eigenvalue weighted by Crippen LogP contribution is 2.37. The number of benzene rings is 10. The molecule has 0 aliphatic heterocycles. The van der Waals surface area contributed by atoms with Gasteiger partial charge in [-0.3, -0.25) is 28.8 Å². The van der Waals surface area contributed by atoms with E-state index in [0.29, 0.717) is 8.95 Å². The lowest BCUT2D eigenvalue weighted by Crippen LogP contribution is -2.29. The van der Waals surface area contributed by atoms with Gasteiger partial charge in [0.2, 0.25) is 0 Å². The zero-order valence-corrected chi connectivity index (χ0v) is 64.1. The summed E-state index contributed by atoms with van der Waals surface area (Å²) in [5.41, 5.74) is -3.80. The fourth-order valence-electron chi connectivity index (χ4n) is 8.19. The van der Waals surface area contributed by atoms with Crippen LogP contribution in [0.4, 0.5) is 87.8 Å². The Morgan fingerprint density at radius 2 is 0.534 bits per heavy atom. The topological polar surface area (TPSA) is 281 Å². The van der Waals surface area contributed by atoms with Crippen LogP contribution in [-0.2, 0) is 59.6 Å². The summed E-state index contributed by atoms with van der Waals surface area (Å²) in [6.45, 7) is 0. The number of aromatic hydroxyl groups is 1. The second-order valence-corrected chi connectivity index (χ2v) is 25.9. The van der Waals surface area contributed by atoms with Gasteiger partial charge in [0.25, 0.3) is 0 Å². The standard InChI is InChI=1S/C29H16F8O4.C15H8Br2F2O4.2C7H6BF3O2.C7H4BrF3.C6H4BrFO.C3H4O4.CH4/c30-24-13-20(9-11-22(24)16-1-5-18(6-2-16)28(32,33)34)40-26(38)15-27(39)41-21-10-12-23(25(31)14-21)17-3-7-19(8-4-17)29(35,36)37;16-10-3-1-8(5-12(10)18)22-14(20)7-15(21)23-9-2-4-11(17)13(19)6-9;2*9-7(10,11)5-1-3-6(4-2-5)8(12)13;8-6-3-1-5(2-4-6)7(9,10)11;7-5-2-1-4(9)3-6(5)8;4-2(5)1-3(6)7;/h1-14H,15H2;1-6H,7H2;2*1-4,12-13H;1-4H;1-3,9H;1H2,(H,4,5)(H,6,7);1H4. The molecule has 0 aromatic heterocycles. The Bertz CT molecular complexity index is 4750. The van der Waals surface area contributed by atoms with Gasteiger partial charge in [-0.15, -0.1) is 0 Å². The molecule has 0 spiro atoms. The fourth-order valence-corrected chi connectivity index (χ4v) is 9.20. The second-order valence-electron chi connectivity index (χ2n) is 22.4. The molecule has 43 heteroatoms. The Balaban J connectivity index is 0.000000393. The summed E-state index contributed by atoms with van der Waals surface area (Å²) in [6, 6.07) is 37.3. The number of phenolic OH excluding ortho intramolecular Hbond substituents is 1. The minimum atomic E-state index is -4.55. The summed E-state index contributed by atoms with van der Waals surface area (Å²) >= 11 is 11.9. The molecular weight excluding hydrogens is 1890 g/mol. The first-order chi connectivity index (χ1) is 54.2. The fraction of sp³-hybridized carbons (Fsp3) is 0.120. The number of hydrogen-bond acceptors (Lipinski definition) is 15. The number of alkyl halides is 15. The van der Waals surface area contributed by atoms with Crippen LogP contribution < -0.4 is 29.9 Å². The first-order valence-electron chi connectivity index (χ1n) is 31.3. The first kappa shape index (κ1) is 102. The number of ether oxygens (including phenoxy) is 4. The molecule has 0 amide bonds. The van der Waals surface area contributed by atoms with Crippen molar-refractivity contribution >= 4 is 125 Å². The molecule has 10 aromatic rings. The molecule has 7 N–H and O–H groups in total. The van der Waals surface area contributed by atoms with E-state index in [2.05, 4.69) is 63.7 Å². The third-order valence-corrected chi connectivity index (χ3v) is 16.1. The van der Waals surface area contributed by atoms with Crippen molar-refractivity contribution in [1.82, 2.24) is 0 Å². The van der Waals surface area contributed by atoms with Crippen LogP contribution in [0.2, 0.25) is 0 Å². The highest BCUT2D eigenvalue weighted by molar-refractivity contribution is 9.11. The Morgan fingerprint density at radius 3 is 0.746 bits per heavy atom. The summed E-state index contributed by atoms with van der Waals surface area (Å²) in [6.07, 6.45) is -24.6. The number of carboxylic acid groups (broad SMARTS) is 2. The van der Waals surface area contributed by atoms with Crippen molar-refractivity contribution < 1.29 is 171 Å². The molecule has 0 aliphatic rings. The van der Waals surface area contributed by atoms with Crippen LogP contribution >= 0.6 is 63.7 Å². The maximum absolute atomic E-state index is 14.5. The van der Waals surface area contributed by atoms with Crippen molar-refractivity contribution in [2.45, 2.75) is 57.6 Å². The molecule has 0 saturated carbocycles. The third kappa shape index (κ3) is 36.0. The second kappa shape index (κ2) is 45.9. The van der Waals surface area contributed by atoms with Gasteiger partial charge in [-0.25, -0.2) is 22.0 Å². The number of phenols is 1. The molecule has 10 rings (SSSR count). The van der Waals surface area contributed by atoms with Crippen molar-refractivity contribution in [2.24, 2.45) is 0 Å². The minimum absolute atomic E-state index is 0. The number of carbonyl (C=O) groups excluding carboxylic acids is 4. The molecule has 17 nitrogen and oxygen atoms in total. The van der Waals surface area contributed by atoms with Crippen LogP contribution in [0.5, 0.6) is 28.7 Å². The van der Waals surface area contributed by atoms with Crippen molar-refractivity contribution in [2.75, 3.05) is 0 Å². The predicted molar refractivity (Wildman–Crippen MR) is 398 cm³/mol. The Labute approximate surface area is 687 Å². The molecule has 0 fully saturated rings. The summed E-state index contributed by atoms with van der Waals surface area (Å²) < 4.78 is 273. The average molecular weight is 1950 g/mol. The average Bonchev–Trinajstić information content (AvgIpc) is 0.828. The molecule has 0 atom stereocenters. The van der Waals surface area contributed by atoms with Gasteiger partial charge in [-0.05, 0) is 179 Å². The Kier molecular flexibility index (Phi) is 39.5. The third-order valence-electron chi connectivity index (χ3n) is 13.7. The van der Waals surface area contributed by atoms with Crippen molar-refractivity contribution in [3.8, 4) is 51.0 Å². The van der Waals surface area contributed by atoms with Gasteiger partial charge in [-0.2, -0.15) is 65.9 Å². The maximum Gasteiger partial charge on any atom is 0.488 e. The Hall–Kier alpha value is -10.7. The number of hydrogen-bond donors (Lipinski definition) is 7. The molecule has 0 heterocycles. The van der Waals surface area contributed by atoms with Gasteiger partial charge < -0.3 is 54.4 Å². The molecule has 10 aromatic carbocycles. The lowest BCUT2D eigenvalue weighted by atomic mass is 9.80. The van der Waals surface area contributed by atoms with E-state index in [4.69, 9.17) is 54.4 Å². The Morgan fingerprint density at radius 1 is 0.305 bits per heavy atom. The summed E-state index contributed by atoms with van der Waals surface area (Å²) in [4.78, 5) is 66.3. The molecule has 0 unspecified atom stereocenters. The van der Waals surface area contributed by atoms with Crippen LogP contribution in [0.1, 0.15) is 54.5 Å². The van der Waals surface area contributed by atoms with E-state index in [1.54, 1.807) is 0 Å². The largest absolute Gasteiger partial charge is 0.508 e. The number of esters is 4. The van der Waals surface area contributed by atoms with Crippen LogP contribution in [0.25, 0.3) is 22.3 Å². The molecule has 0 bridgehead atoms. The van der Waals surface area contributed by atoms with Gasteiger partial charge in [-0.1, -0.05) is 96.2 Å². The van der Waals surface area contributed by atoms with E-state index in [-0.39, 0.29) is 78.3 Å². The highest BCUT2D eigenvalue weighted by Gasteiger charge is 2.34. The lowest BCUT2D eigenvalue weighted by molar-refractivity contribution is -0.148. The molecule has 628 valence electrons. The predicted octanol–water partition coefficient (Wildman–Crippen LogP) is 19.3. The smallest absolute Gasteiger partial charge is 0.488 e. The maximum atomic E-state index is 14.5. The van der Waals surface area contributed by atoms with Gasteiger partial charge in [0.1, 0.15) is 77.1 Å². The molecule has 118 heavy (non-hydrogen) atoms. The van der Waals surface area contributed by atoms with Gasteiger partial charge >= 0.3 is 80.9 Å². The van der Waals surface area contributed by atoms with Gasteiger partial charge in [0, 0.05) is 45.9 Å². The van der Waals surface area contributed by atoms with E-state index in [9.17, 15) is 117 Å². The van der Waals surface area contributed by atoms with Crippen molar-refractivity contribution in [3.05, 3.63) is 287 Å². The summed E-state index contributed by atoms with van der Waals surface area (Å²) in [7, 11) is -3.47. The first-order valence-corrected chi connectivity index (χ1v) is 34.5. The zero-order valence-electron chi connectivity index (χ0n) is 57.8. The van der Waals surface area contributed by atoms with Crippen molar-refractivity contribution in [1.29, 1.82) is 0 Å². The number of halogens is 24. The van der Waals surface area contributed by atoms with E-state index in [1.807, 2.05) is 0 Å². The van der Waals surface area contributed by atoms with Crippen LogP contribution in [0.15, 0.2) is 230 Å². The van der Waals surface area contributed by atoms with E-state index in [1.165, 1.54) is 72.8 Å². The lowest BCUT2D eigenvalue weighted by Gasteiger charge is -2.10. The van der Waals surface area contributed by atoms with E-state index in [0.717, 1.165) is 140 Å². The molecule has 0 radical (unpaired) electrons. The zero-order chi connectivity index (χ0) is 88.3. The van der Waals surface area contributed by atoms with Crippen molar-refractivity contribution in [3.63, 3.8) is 0 Å². The highest BCUT2D eigenvalue weighted by atomic mass is 79.9. The number of carboxylic acids is 2. The van der Waals surface area contributed by atoms with E-state index >= 15 is 0 Å². The monoisotopic (exact) mass is 1940 g/mol. The number of aliphatic carboxylic acids is 2. The van der Waals surface area contributed by atoms with Crippen LogP contribution in [0, 0.1) is 29.1 Å². The van der Waals surface area contributed by atoms with Gasteiger partial charge in [0.15, 0.2) is 0 Å². The summed E-state index contributed by atoms with van der Waals surface area (Å²) in [5, 5.41) is 58.4. The number of carbonyl (C=O) groups is 6. The van der Waals surface area contributed by atoms with Crippen LogP contribution in [-0.4, -0.2) is 85.5 Å².